The molecule has 0 atom stereocenters. The molecule has 3 aromatic rings. The Balaban J connectivity index is 1.62. The molecule has 0 fully saturated rings. The number of carbonyl (C=O) groups excluding carboxylic acids is 1. The molecule has 1 aromatic heterocycles. The predicted octanol–water partition coefficient (Wildman–Crippen LogP) is 3.38. The van der Waals surface area contributed by atoms with Gasteiger partial charge in [0.2, 0.25) is 0 Å². The van der Waals surface area contributed by atoms with Crippen LogP contribution in [-0.2, 0) is 12.8 Å². The lowest BCUT2D eigenvalue weighted by Crippen LogP contribution is -2.38. The minimum Gasteiger partial charge on any atom is -0.338 e. The number of rotatable bonds is 3. The number of carbonyl (C=O) groups is 1. The van der Waals surface area contributed by atoms with Crippen LogP contribution in [0.15, 0.2) is 67.1 Å². The van der Waals surface area contributed by atoms with Crippen molar-refractivity contribution in [1.82, 2.24) is 14.9 Å². The SMILES string of the molecule is CN(C(=O)c1cncnc1-c1ccccc1)C1Cc2ccccc2C1. The van der Waals surface area contributed by atoms with Crippen molar-refractivity contribution in [3.8, 4) is 11.3 Å². The van der Waals surface area contributed by atoms with Crippen LogP contribution in [0, 0.1) is 0 Å². The minimum atomic E-state index is -0.0303. The Morgan fingerprint density at radius 1 is 1.00 bits per heavy atom. The lowest BCUT2D eigenvalue weighted by Gasteiger charge is -2.25. The Hall–Kier alpha value is -3.01. The smallest absolute Gasteiger partial charge is 0.257 e. The molecule has 0 radical (unpaired) electrons. The third-order valence-corrected chi connectivity index (χ3v) is 4.89. The third kappa shape index (κ3) is 2.91. The Morgan fingerprint density at radius 2 is 1.64 bits per heavy atom. The molecule has 25 heavy (non-hydrogen) atoms. The first kappa shape index (κ1) is 15.5. The average molecular weight is 329 g/mol. The number of amides is 1. The summed E-state index contributed by atoms with van der Waals surface area (Å²) in [6.45, 7) is 0. The van der Waals surface area contributed by atoms with Crippen LogP contribution >= 0.6 is 0 Å². The number of likely N-dealkylation sites (N-methyl/N-ethyl adjacent to an activating group) is 1. The van der Waals surface area contributed by atoms with Gasteiger partial charge in [0, 0.05) is 24.8 Å². The van der Waals surface area contributed by atoms with Crippen molar-refractivity contribution in [3.63, 3.8) is 0 Å². The molecular formula is C21H19N3O. The van der Waals surface area contributed by atoms with Crippen molar-refractivity contribution < 1.29 is 4.79 Å². The standard InChI is InChI=1S/C21H19N3O/c1-24(18-11-16-9-5-6-10-17(16)12-18)21(25)19-13-22-14-23-20(19)15-7-3-2-4-8-15/h2-10,13-14,18H,11-12H2,1H3. The van der Waals surface area contributed by atoms with E-state index < -0.39 is 0 Å². The van der Waals surface area contributed by atoms with Gasteiger partial charge in [-0.15, -0.1) is 0 Å². The van der Waals surface area contributed by atoms with Crippen LogP contribution in [0.4, 0.5) is 0 Å². The highest BCUT2D eigenvalue weighted by molar-refractivity contribution is 5.99. The highest BCUT2D eigenvalue weighted by atomic mass is 16.2. The van der Waals surface area contributed by atoms with E-state index in [1.807, 2.05) is 42.3 Å². The van der Waals surface area contributed by atoms with Crippen LogP contribution in [0.1, 0.15) is 21.5 Å². The van der Waals surface area contributed by atoms with E-state index in [1.165, 1.54) is 17.5 Å². The summed E-state index contributed by atoms with van der Waals surface area (Å²) in [6.07, 6.45) is 4.90. The van der Waals surface area contributed by atoms with Gasteiger partial charge >= 0.3 is 0 Å². The highest BCUT2D eigenvalue weighted by Gasteiger charge is 2.29. The fourth-order valence-electron chi connectivity index (χ4n) is 3.48. The lowest BCUT2D eigenvalue weighted by atomic mass is 10.1. The molecule has 0 unspecified atom stereocenters. The summed E-state index contributed by atoms with van der Waals surface area (Å²) in [6, 6.07) is 18.4. The molecule has 0 bridgehead atoms. The first-order valence-corrected chi connectivity index (χ1v) is 8.43. The Labute approximate surface area is 147 Å². The molecule has 4 nitrogen and oxygen atoms in total. The topological polar surface area (TPSA) is 46.1 Å². The quantitative estimate of drug-likeness (QED) is 0.740. The van der Waals surface area contributed by atoms with Gasteiger partial charge in [-0.05, 0) is 24.0 Å². The van der Waals surface area contributed by atoms with Crippen molar-refractivity contribution in [3.05, 3.63) is 83.8 Å². The van der Waals surface area contributed by atoms with Gasteiger partial charge in [-0.25, -0.2) is 9.97 Å². The van der Waals surface area contributed by atoms with Crippen LogP contribution in [0.3, 0.4) is 0 Å². The van der Waals surface area contributed by atoms with Gasteiger partial charge in [0.05, 0.1) is 11.3 Å². The molecule has 1 aliphatic rings. The summed E-state index contributed by atoms with van der Waals surface area (Å²) >= 11 is 0. The van der Waals surface area contributed by atoms with E-state index >= 15 is 0 Å². The number of nitrogens with zero attached hydrogens (tertiary/aromatic N) is 3. The molecule has 0 aliphatic heterocycles. The van der Waals surface area contributed by atoms with Crippen LogP contribution in [0.2, 0.25) is 0 Å². The highest BCUT2D eigenvalue weighted by Crippen LogP contribution is 2.27. The van der Waals surface area contributed by atoms with Crippen LogP contribution < -0.4 is 0 Å². The Bertz CT molecular complexity index is 883. The number of aromatic nitrogens is 2. The van der Waals surface area contributed by atoms with Gasteiger partial charge in [-0.3, -0.25) is 4.79 Å². The molecule has 4 rings (SSSR count). The zero-order valence-electron chi connectivity index (χ0n) is 14.1. The van der Waals surface area contributed by atoms with Crippen LogP contribution in [-0.4, -0.2) is 33.9 Å². The van der Waals surface area contributed by atoms with Gasteiger partial charge in [-0.1, -0.05) is 54.6 Å². The van der Waals surface area contributed by atoms with Crippen LogP contribution in [0.25, 0.3) is 11.3 Å². The monoisotopic (exact) mass is 329 g/mol. The largest absolute Gasteiger partial charge is 0.338 e. The molecule has 0 N–H and O–H groups in total. The molecule has 2 aromatic carbocycles. The second-order valence-electron chi connectivity index (χ2n) is 6.40. The summed E-state index contributed by atoms with van der Waals surface area (Å²) in [4.78, 5) is 23.4. The Kier molecular flexibility index (Phi) is 4.02. The normalized spacial score (nSPS) is 13.5. The number of hydrogen-bond donors (Lipinski definition) is 0. The summed E-state index contributed by atoms with van der Waals surface area (Å²) < 4.78 is 0. The third-order valence-electron chi connectivity index (χ3n) is 4.89. The minimum absolute atomic E-state index is 0.0303. The summed E-state index contributed by atoms with van der Waals surface area (Å²) in [7, 11) is 1.88. The average Bonchev–Trinajstić information content (AvgIpc) is 3.12. The molecule has 4 heteroatoms. The van der Waals surface area contributed by atoms with E-state index in [4.69, 9.17) is 0 Å². The van der Waals surface area contributed by atoms with E-state index in [9.17, 15) is 4.79 Å². The molecule has 1 amide bonds. The first-order chi connectivity index (χ1) is 12.2. The van der Waals surface area contributed by atoms with E-state index in [1.54, 1.807) is 6.20 Å². The van der Waals surface area contributed by atoms with Gasteiger partial charge < -0.3 is 4.90 Å². The summed E-state index contributed by atoms with van der Waals surface area (Å²) in [5.74, 6) is -0.0303. The van der Waals surface area contributed by atoms with Crippen molar-refractivity contribution in [1.29, 1.82) is 0 Å². The van der Waals surface area contributed by atoms with Crippen molar-refractivity contribution >= 4 is 5.91 Å². The zero-order valence-corrected chi connectivity index (χ0v) is 14.1. The Morgan fingerprint density at radius 3 is 2.32 bits per heavy atom. The van der Waals surface area contributed by atoms with E-state index in [0.717, 1.165) is 18.4 Å². The van der Waals surface area contributed by atoms with Crippen molar-refractivity contribution in [2.75, 3.05) is 7.05 Å². The molecule has 124 valence electrons. The number of hydrogen-bond acceptors (Lipinski definition) is 3. The predicted molar refractivity (Wildman–Crippen MR) is 97.2 cm³/mol. The maximum Gasteiger partial charge on any atom is 0.257 e. The second kappa shape index (κ2) is 6.48. The second-order valence-corrected chi connectivity index (χ2v) is 6.40. The first-order valence-electron chi connectivity index (χ1n) is 8.43. The van der Waals surface area contributed by atoms with E-state index in [2.05, 4.69) is 34.2 Å². The maximum atomic E-state index is 13.1. The zero-order chi connectivity index (χ0) is 17.2. The molecule has 0 saturated carbocycles. The lowest BCUT2D eigenvalue weighted by molar-refractivity contribution is 0.0737. The summed E-state index contributed by atoms with van der Waals surface area (Å²) in [5, 5.41) is 0. The maximum absolute atomic E-state index is 13.1. The van der Waals surface area contributed by atoms with E-state index in [-0.39, 0.29) is 11.9 Å². The molecular weight excluding hydrogens is 310 g/mol. The molecule has 1 heterocycles. The molecule has 0 saturated heterocycles. The van der Waals surface area contributed by atoms with Crippen LogP contribution in [0.5, 0.6) is 0 Å². The fourth-order valence-corrected chi connectivity index (χ4v) is 3.48. The van der Waals surface area contributed by atoms with Crippen molar-refractivity contribution in [2.45, 2.75) is 18.9 Å². The van der Waals surface area contributed by atoms with Crippen molar-refractivity contribution in [2.24, 2.45) is 0 Å². The van der Waals surface area contributed by atoms with Gasteiger partial charge in [0.1, 0.15) is 6.33 Å². The summed E-state index contributed by atoms with van der Waals surface area (Å²) in [5.41, 5.74) is 4.82. The van der Waals surface area contributed by atoms with Gasteiger partial charge in [0.15, 0.2) is 0 Å². The molecule has 0 spiro atoms. The van der Waals surface area contributed by atoms with Gasteiger partial charge in [0.25, 0.3) is 5.91 Å². The van der Waals surface area contributed by atoms with Gasteiger partial charge in [-0.2, -0.15) is 0 Å². The fraction of sp³-hybridized carbons (Fsp3) is 0.190. The molecule has 1 aliphatic carbocycles. The number of benzene rings is 2. The van der Waals surface area contributed by atoms with E-state index in [0.29, 0.717) is 11.3 Å². The number of fused-ring (bicyclic) bond motifs is 1.